The van der Waals surface area contributed by atoms with Crippen molar-refractivity contribution in [1.82, 2.24) is 4.90 Å². The van der Waals surface area contributed by atoms with Crippen LogP contribution in [-0.4, -0.2) is 22.5 Å². The number of aromatic hydroxyl groups is 1. The van der Waals surface area contributed by atoms with Crippen LogP contribution < -0.4 is 0 Å². The highest BCUT2D eigenvalue weighted by Gasteiger charge is 2.21. The fourth-order valence-electron chi connectivity index (χ4n) is 2.33. The van der Waals surface area contributed by atoms with Crippen molar-refractivity contribution in [1.29, 1.82) is 0 Å². The molecule has 18 heavy (non-hydrogen) atoms. The van der Waals surface area contributed by atoms with Crippen molar-refractivity contribution in [2.45, 2.75) is 39.7 Å². The average molecular weight is 247 g/mol. The molecule has 0 bridgehead atoms. The van der Waals surface area contributed by atoms with E-state index in [0.717, 1.165) is 24.9 Å². The van der Waals surface area contributed by atoms with Crippen LogP contribution in [0.4, 0.5) is 0 Å². The van der Waals surface area contributed by atoms with Crippen molar-refractivity contribution in [3.8, 4) is 5.75 Å². The van der Waals surface area contributed by atoms with Crippen molar-refractivity contribution in [3.63, 3.8) is 0 Å². The second-order valence-electron chi connectivity index (χ2n) is 5.24. The quantitative estimate of drug-likeness (QED) is 0.892. The largest absolute Gasteiger partial charge is 0.508 e. The molecule has 1 N–H and O–H groups in total. The summed E-state index contributed by atoms with van der Waals surface area (Å²) >= 11 is 0. The number of carbonyl (C=O) groups excluding carboxylic acids is 1. The molecular weight excluding hydrogens is 226 g/mol. The molecule has 1 aliphatic heterocycles. The second kappa shape index (κ2) is 5.42. The molecule has 1 aromatic carbocycles. The SMILES string of the molecule is CCC(C)CC(=O)N1CCc2ccc(O)cc2C1. The smallest absolute Gasteiger partial charge is 0.223 e. The molecule has 0 saturated carbocycles. The Morgan fingerprint density at radius 3 is 2.94 bits per heavy atom. The molecule has 1 aliphatic rings. The molecule has 1 unspecified atom stereocenters. The van der Waals surface area contributed by atoms with Gasteiger partial charge in [0.1, 0.15) is 5.75 Å². The third kappa shape index (κ3) is 2.84. The van der Waals surface area contributed by atoms with Crippen LogP contribution in [0.5, 0.6) is 5.75 Å². The minimum atomic E-state index is 0.235. The Kier molecular flexibility index (Phi) is 3.90. The van der Waals surface area contributed by atoms with Crippen LogP contribution in [0.15, 0.2) is 18.2 Å². The Hall–Kier alpha value is -1.51. The number of rotatable bonds is 3. The Morgan fingerprint density at radius 1 is 1.44 bits per heavy atom. The predicted octanol–water partition coefficient (Wildman–Crippen LogP) is 2.71. The molecule has 0 saturated heterocycles. The van der Waals surface area contributed by atoms with Gasteiger partial charge in [0.05, 0.1) is 0 Å². The van der Waals surface area contributed by atoms with Gasteiger partial charge in [0, 0.05) is 19.5 Å². The third-order valence-electron chi connectivity index (χ3n) is 3.77. The molecule has 2 rings (SSSR count). The third-order valence-corrected chi connectivity index (χ3v) is 3.77. The van der Waals surface area contributed by atoms with Gasteiger partial charge in [-0.05, 0) is 35.6 Å². The summed E-state index contributed by atoms with van der Waals surface area (Å²) < 4.78 is 0. The average Bonchev–Trinajstić information content (AvgIpc) is 2.37. The van der Waals surface area contributed by atoms with E-state index in [1.165, 1.54) is 5.56 Å². The van der Waals surface area contributed by atoms with Gasteiger partial charge >= 0.3 is 0 Å². The van der Waals surface area contributed by atoms with Crippen LogP contribution in [0.1, 0.15) is 37.8 Å². The highest BCUT2D eigenvalue weighted by molar-refractivity contribution is 5.76. The maximum atomic E-state index is 12.1. The minimum Gasteiger partial charge on any atom is -0.508 e. The van der Waals surface area contributed by atoms with Crippen LogP contribution in [-0.2, 0) is 17.8 Å². The molecule has 3 nitrogen and oxygen atoms in total. The van der Waals surface area contributed by atoms with Gasteiger partial charge in [0.25, 0.3) is 0 Å². The number of hydrogen-bond donors (Lipinski definition) is 1. The lowest BCUT2D eigenvalue weighted by Gasteiger charge is -2.29. The molecule has 0 radical (unpaired) electrons. The van der Waals surface area contributed by atoms with E-state index in [0.29, 0.717) is 18.9 Å². The monoisotopic (exact) mass is 247 g/mol. The van der Waals surface area contributed by atoms with Gasteiger partial charge in [-0.25, -0.2) is 0 Å². The second-order valence-corrected chi connectivity index (χ2v) is 5.24. The van der Waals surface area contributed by atoms with Crippen molar-refractivity contribution in [2.24, 2.45) is 5.92 Å². The maximum absolute atomic E-state index is 12.1. The lowest BCUT2D eigenvalue weighted by Crippen LogP contribution is -2.36. The number of fused-ring (bicyclic) bond motifs is 1. The van der Waals surface area contributed by atoms with Gasteiger partial charge in [0.15, 0.2) is 0 Å². The van der Waals surface area contributed by atoms with E-state index in [1.807, 2.05) is 11.0 Å². The Labute approximate surface area is 108 Å². The van der Waals surface area contributed by atoms with E-state index in [-0.39, 0.29) is 11.7 Å². The van der Waals surface area contributed by atoms with E-state index in [4.69, 9.17) is 0 Å². The van der Waals surface area contributed by atoms with Gasteiger partial charge in [-0.3, -0.25) is 4.79 Å². The van der Waals surface area contributed by atoms with E-state index in [2.05, 4.69) is 13.8 Å². The number of phenols is 1. The molecule has 1 amide bonds. The Morgan fingerprint density at radius 2 is 2.22 bits per heavy atom. The fourth-order valence-corrected chi connectivity index (χ4v) is 2.33. The summed E-state index contributed by atoms with van der Waals surface area (Å²) in [6, 6.07) is 5.45. The van der Waals surface area contributed by atoms with Crippen LogP contribution in [0.2, 0.25) is 0 Å². The Bertz CT molecular complexity index is 442. The minimum absolute atomic E-state index is 0.235. The summed E-state index contributed by atoms with van der Waals surface area (Å²) in [4.78, 5) is 14.0. The molecule has 98 valence electrons. The van der Waals surface area contributed by atoms with Crippen LogP contribution in [0.25, 0.3) is 0 Å². The zero-order valence-electron chi connectivity index (χ0n) is 11.1. The van der Waals surface area contributed by atoms with Crippen molar-refractivity contribution in [2.75, 3.05) is 6.54 Å². The number of benzene rings is 1. The van der Waals surface area contributed by atoms with Gasteiger partial charge in [-0.1, -0.05) is 26.3 Å². The first-order valence-electron chi connectivity index (χ1n) is 6.68. The number of carbonyl (C=O) groups is 1. The maximum Gasteiger partial charge on any atom is 0.223 e. The van der Waals surface area contributed by atoms with Crippen molar-refractivity contribution < 1.29 is 9.90 Å². The number of phenolic OH excluding ortho intramolecular Hbond substituents is 1. The van der Waals surface area contributed by atoms with E-state index in [9.17, 15) is 9.90 Å². The lowest BCUT2D eigenvalue weighted by atomic mass is 9.98. The molecular formula is C15H21NO2. The standard InChI is InChI=1S/C15H21NO2/c1-3-11(2)8-15(18)16-7-6-12-4-5-14(17)9-13(12)10-16/h4-5,9,11,17H,3,6-8,10H2,1-2H3. The molecule has 0 spiro atoms. The summed E-state index contributed by atoms with van der Waals surface area (Å²) in [5.74, 6) is 0.964. The lowest BCUT2D eigenvalue weighted by molar-refractivity contribution is -0.133. The summed E-state index contributed by atoms with van der Waals surface area (Å²) in [6.45, 7) is 5.66. The predicted molar refractivity (Wildman–Crippen MR) is 71.3 cm³/mol. The van der Waals surface area contributed by atoms with Crippen LogP contribution >= 0.6 is 0 Å². The van der Waals surface area contributed by atoms with Crippen molar-refractivity contribution >= 4 is 5.91 Å². The molecule has 0 aliphatic carbocycles. The zero-order valence-corrected chi connectivity index (χ0v) is 11.1. The molecule has 1 atom stereocenters. The number of nitrogens with zero attached hydrogens (tertiary/aromatic N) is 1. The highest BCUT2D eigenvalue weighted by Crippen LogP contribution is 2.24. The van der Waals surface area contributed by atoms with Crippen LogP contribution in [0.3, 0.4) is 0 Å². The molecule has 1 heterocycles. The van der Waals surface area contributed by atoms with Crippen molar-refractivity contribution in [3.05, 3.63) is 29.3 Å². The summed E-state index contributed by atoms with van der Waals surface area (Å²) in [6.07, 6.45) is 2.56. The molecule has 3 heteroatoms. The first-order chi connectivity index (χ1) is 8.60. The van der Waals surface area contributed by atoms with Crippen LogP contribution in [0, 0.1) is 5.92 Å². The first kappa shape index (κ1) is 12.9. The molecule has 0 aromatic heterocycles. The molecule has 1 aromatic rings. The first-order valence-corrected chi connectivity index (χ1v) is 6.68. The topological polar surface area (TPSA) is 40.5 Å². The van der Waals surface area contributed by atoms with E-state index >= 15 is 0 Å². The van der Waals surface area contributed by atoms with E-state index < -0.39 is 0 Å². The van der Waals surface area contributed by atoms with Gasteiger partial charge < -0.3 is 10.0 Å². The van der Waals surface area contributed by atoms with Gasteiger partial charge in [0.2, 0.25) is 5.91 Å². The van der Waals surface area contributed by atoms with Gasteiger partial charge in [-0.15, -0.1) is 0 Å². The summed E-state index contributed by atoms with van der Waals surface area (Å²) in [7, 11) is 0. The normalized spacial score (nSPS) is 16.2. The van der Waals surface area contributed by atoms with Gasteiger partial charge in [-0.2, -0.15) is 0 Å². The van der Waals surface area contributed by atoms with E-state index in [1.54, 1.807) is 12.1 Å². The number of amides is 1. The zero-order chi connectivity index (χ0) is 13.1. The number of hydrogen-bond acceptors (Lipinski definition) is 2. The molecule has 0 fully saturated rings. The highest BCUT2D eigenvalue weighted by atomic mass is 16.3. The summed E-state index contributed by atoms with van der Waals surface area (Å²) in [5.41, 5.74) is 2.33. The Balaban J connectivity index is 2.05. The summed E-state index contributed by atoms with van der Waals surface area (Å²) in [5, 5.41) is 9.49. The fraction of sp³-hybridized carbons (Fsp3) is 0.533.